The molecule has 2 atom stereocenters. The number of hydrogen-bond acceptors (Lipinski definition) is 4. The largest absolute Gasteiger partial charge is 0.476 e. The van der Waals surface area contributed by atoms with Gasteiger partial charge >= 0.3 is 6.03 Å². The van der Waals surface area contributed by atoms with E-state index in [4.69, 9.17) is 9.88 Å². The molecule has 1 aromatic heterocycles. The second-order valence-electron chi connectivity index (χ2n) is 9.05. The Hall–Kier alpha value is -2.46. The minimum Gasteiger partial charge on any atom is -0.476 e. The second kappa shape index (κ2) is 6.52. The summed E-state index contributed by atoms with van der Waals surface area (Å²) in [7, 11) is -3.56. The number of fused-ring (bicyclic) bond motifs is 3. The Balaban J connectivity index is 1.45. The van der Waals surface area contributed by atoms with Gasteiger partial charge in [-0.05, 0) is 35.1 Å². The van der Waals surface area contributed by atoms with Gasteiger partial charge in [-0.25, -0.2) is 23.2 Å². The molecule has 0 radical (unpaired) electrons. The predicted octanol–water partition coefficient (Wildman–Crippen LogP) is 2.77. The molecule has 10 heteroatoms. The summed E-state index contributed by atoms with van der Waals surface area (Å²) in [6.45, 7) is 5.06. The number of nitrogens with zero attached hydrogens (tertiary/aromatic N) is 3. The van der Waals surface area contributed by atoms with E-state index in [-0.39, 0.29) is 22.6 Å². The van der Waals surface area contributed by atoms with Crippen molar-refractivity contribution in [3.63, 3.8) is 0 Å². The first-order valence-corrected chi connectivity index (χ1v) is 11.6. The molecule has 160 valence electrons. The number of aryl methyl sites for hydroxylation is 1. The summed E-state index contributed by atoms with van der Waals surface area (Å²) in [4.78, 5) is 12.8. The average Bonchev–Trinajstić information content (AvgIpc) is 3.19. The minimum absolute atomic E-state index is 0.100. The summed E-state index contributed by atoms with van der Waals surface area (Å²) >= 11 is 0. The number of hydrogen-bond donors (Lipinski definition) is 2. The maximum atomic E-state index is 14.0. The number of nitrogens with two attached hydrogens (primary N) is 1. The Morgan fingerprint density at radius 2 is 2.17 bits per heavy atom. The highest BCUT2D eigenvalue weighted by molar-refractivity contribution is 7.91. The summed E-state index contributed by atoms with van der Waals surface area (Å²) in [5.41, 5.74) is 4.34. The lowest BCUT2D eigenvalue weighted by Gasteiger charge is -2.30. The van der Waals surface area contributed by atoms with E-state index in [0.29, 0.717) is 25.3 Å². The van der Waals surface area contributed by atoms with E-state index in [1.165, 1.54) is 6.20 Å². The number of carbonyl (C=O) groups excluding carboxylic acids is 1. The number of carbonyl (C=O) groups is 1. The van der Waals surface area contributed by atoms with Crippen LogP contribution in [0, 0.1) is 5.41 Å². The molecule has 0 fully saturated rings. The first-order valence-electron chi connectivity index (χ1n) is 9.98. The highest BCUT2D eigenvalue weighted by Gasteiger charge is 2.33. The smallest absolute Gasteiger partial charge is 0.354 e. The lowest BCUT2D eigenvalue weighted by atomic mass is 9.83. The van der Waals surface area contributed by atoms with Crippen molar-refractivity contribution in [2.24, 2.45) is 14.9 Å². The Kier molecular flexibility index (Phi) is 4.24. The fourth-order valence-electron chi connectivity index (χ4n) is 4.41. The van der Waals surface area contributed by atoms with Gasteiger partial charge in [-0.1, -0.05) is 19.9 Å². The van der Waals surface area contributed by atoms with Crippen molar-refractivity contribution < 1.29 is 18.1 Å². The molecule has 0 saturated heterocycles. The molecule has 3 aliphatic rings. The van der Waals surface area contributed by atoms with Crippen LogP contribution in [0.2, 0.25) is 0 Å². The van der Waals surface area contributed by atoms with E-state index >= 15 is 0 Å². The van der Waals surface area contributed by atoms with Gasteiger partial charge in [0.2, 0.25) is 5.88 Å². The quantitative estimate of drug-likeness (QED) is 0.758. The van der Waals surface area contributed by atoms with Gasteiger partial charge in [0.1, 0.15) is 11.1 Å². The van der Waals surface area contributed by atoms with Crippen LogP contribution in [0.3, 0.4) is 0 Å². The van der Waals surface area contributed by atoms with Crippen molar-refractivity contribution in [3.05, 3.63) is 34.5 Å². The van der Waals surface area contributed by atoms with Crippen molar-refractivity contribution >= 4 is 21.6 Å². The first kappa shape index (κ1) is 19.5. The number of amides is 2. The van der Waals surface area contributed by atoms with Crippen LogP contribution in [-0.2, 0) is 42.1 Å². The van der Waals surface area contributed by atoms with E-state index in [1.54, 1.807) is 4.68 Å². The molecular formula is C20H24FN5O3S. The van der Waals surface area contributed by atoms with Crippen LogP contribution >= 0.6 is 0 Å². The number of benzene rings is 1. The molecule has 2 unspecified atom stereocenters. The average molecular weight is 434 g/mol. The fraction of sp³-hybridized carbons (Fsp3) is 0.500. The van der Waals surface area contributed by atoms with Crippen LogP contribution in [-0.4, -0.2) is 32.8 Å². The van der Waals surface area contributed by atoms with Crippen molar-refractivity contribution in [1.29, 1.82) is 0 Å². The lowest BCUT2D eigenvalue weighted by molar-refractivity contribution is 0.0972. The summed E-state index contributed by atoms with van der Waals surface area (Å²) in [5.74, 6) is 0.281. The van der Waals surface area contributed by atoms with E-state index in [1.807, 2.05) is 19.9 Å². The van der Waals surface area contributed by atoms with Crippen LogP contribution < -0.4 is 15.2 Å². The monoisotopic (exact) mass is 433 g/mol. The molecule has 2 aliphatic carbocycles. The third-order valence-electron chi connectivity index (χ3n) is 5.94. The highest BCUT2D eigenvalue weighted by Crippen LogP contribution is 2.40. The molecule has 1 aliphatic heterocycles. The van der Waals surface area contributed by atoms with Crippen LogP contribution in [0.25, 0.3) is 0 Å². The Morgan fingerprint density at radius 3 is 2.90 bits per heavy atom. The van der Waals surface area contributed by atoms with Gasteiger partial charge in [0.25, 0.3) is 0 Å². The maximum Gasteiger partial charge on any atom is 0.354 e. The predicted molar refractivity (Wildman–Crippen MR) is 110 cm³/mol. The van der Waals surface area contributed by atoms with Crippen LogP contribution in [0.1, 0.15) is 36.1 Å². The summed E-state index contributed by atoms with van der Waals surface area (Å²) < 4.78 is 38.1. The molecule has 0 bridgehead atoms. The van der Waals surface area contributed by atoms with Crippen molar-refractivity contribution in [3.8, 4) is 5.88 Å². The van der Waals surface area contributed by atoms with Gasteiger partial charge in [0.05, 0.1) is 19.3 Å². The molecule has 0 spiro atoms. The molecule has 2 heterocycles. The number of anilines is 1. The Labute approximate surface area is 174 Å². The molecule has 8 nitrogen and oxygen atoms in total. The third-order valence-corrected chi connectivity index (χ3v) is 7.29. The number of rotatable bonds is 2. The molecule has 2 amide bonds. The number of ether oxygens (including phenoxy) is 1. The number of aromatic nitrogens is 2. The zero-order valence-corrected chi connectivity index (χ0v) is 17.7. The van der Waals surface area contributed by atoms with Crippen LogP contribution in [0.15, 0.2) is 21.5 Å². The van der Waals surface area contributed by atoms with Crippen LogP contribution in [0.4, 0.5) is 14.9 Å². The molecule has 30 heavy (non-hydrogen) atoms. The zero-order chi connectivity index (χ0) is 21.3. The number of urea groups is 1. The normalized spacial score (nSPS) is 22.6. The van der Waals surface area contributed by atoms with Gasteiger partial charge in [-0.2, -0.15) is 5.10 Å². The zero-order valence-electron chi connectivity index (χ0n) is 16.9. The molecule has 0 saturated carbocycles. The summed E-state index contributed by atoms with van der Waals surface area (Å²) in [6, 6.07) is 1.22. The van der Waals surface area contributed by atoms with Crippen molar-refractivity contribution in [1.82, 2.24) is 9.78 Å². The van der Waals surface area contributed by atoms with Gasteiger partial charge in [0.15, 0.2) is 9.92 Å². The number of alkyl halides is 1. The standard InChI is InChI=1S/C20H24FN5O3S/c1-20(2)9-26-18(29-10-20)16(8-23-26)30(22,28)25-19(27)24-17-14-4-3-11(14)5-12-6-13(21)7-15(12)17/h5,8,13H,3-4,6-7,9-10H2,1-2H3,(H3,22,24,25,27,28). The fourth-order valence-corrected chi connectivity index (χ4v) is 5.41. The molecule has 3 N–H and O–H groups in total. The number of halogens is 1. The molecule has 5 rings (SSSR count). The van der Waals surface area contributed by atoms with E-state index in [2.05, 4.69) is 14.8 Å². The molecule has 2 aromatic rings. The van der Waals surface area contributed by atoms with E-state index in [9.17, 15) is 13.4 Å². The van der Waals surface area contributed by atoms with Gasteiger partial charge in [0, 0.05) is 23.9 Å². The Morgan fingerprint density at radius 1 is 1.37 bits per heavy atom. The SMILES string of the molecule is CC1(C)COc2c(S(N)(=O)=NC(=O)Nc3c4c(cc5c3CC(F)C5)CC4)cnn2C1. The van der Waals surface area contributed by atoms with Gasteiger partial charge in [-0.15, -0.1) is 4.36 Å². The lowest BCUT2D eigenvalue weighted by Crippen LogP contribution is -2.33. The topological polar surface area (TPSA) is 112 Å². The van der Waals surface area contributed by atoms with Crippen LogP contribution in [0.5, 0.6) is 5.88 Å². The summed E-state index contributed by atoms with van der Waals surface area (Å²) in [5, 5.41) is 12.9. The van der Waals surface area contributed by atoms with E-state index < -0.39 is 22.1 Å². The summed E-state index contributed by atoms with van der Waals surface area (Å²) in [6.07, 6.45) is 2.73. The third kappa shape index (κ3) is 3.18. The molecule has 1 aromatic carbocycles. The minimum atomic E-state index is -3.56. The highest BCUT2D eigenvalue weighted by atomic mass is 32.2. The van der Waals surface area contributed by atoms with Gasteiger partial charge in [-0.3, -0.25) is 0 Å². The molecular weight excluding hydrogens is 409 g/mol. The van der Waals surface area contributed by atoms with Crippen molar-refractivity contribution in [2.75, 3.05) is 11.9 Å². The van der Waals surface area contributed by atoms with Crippen molar-refractivity contribution in [2.45, 2.75) is 57.1 Å². The maximum absolute atomic E-state index is 14.0. The Bertz CT molecular complexity index is 1200. The number of nitrogens with one attached hydrogen (secondary N) is 1. The van der Waals surface area contributed by atoms with Gasteiger partial charge < -0.3 is 10.1 Å². The first-order chi connectivity index (χ1) is 14.1. The second-order valence-corrected chi connectivity index (χ2v) is 10.8. The van der Waals surface area contributed by atoms with E-state index in [0.717, 1.165) is 35.1 Å².